The number of aryl methyl sites for hydroxylation is 1. The van der Waals surface area contributed by atoms with Crippen LogP contribution in [0.2, 0.25) is 0 Å². The molecule has 0 saturated heterocycles. The lowest BCUT2D eigenvalue weighted by Gasteiger charge is -2.12. The minimum absolute atomic E-state index is 0.257. The molecule has 0 atom stereocenters. The summed E-state index contributed by atoms with van der Waals surface area (Å²) >= 11 is 0. The van der Waals surface area contributed by atoms with Crippen LogP contribution in [0.25, 0.3) is 11.3 Å². The topological polar surface area (TPSA) is 62.3 Å². The van der Waals surface area contributed by atoms with Crippen LogP contribution in [0.5, 0.6) is 11.5 Å². The van der Waals surface area contributed by atoms with Gasteiger partial charge < -0.3 is 19.8 Å². The highest BCUT2D eigenvalue weighted by atomic mass is 16.5. The molecule has 0 aliphatic carbocycles. The largest absolute Gasteiger partial charge is 0.497 e. The number of hydrogen-bond acceptors (Lipinski definition) is 4. The Morgan fingerprint density at radius 3 is 2.40 bits per heavy atom. The second kappa shape index (κ2) is 5.45. The van der Waals surface area contributed by atoms with Crippen molar-refractivity contribution < 1.29 is 9.47 Å². The van der Waals surface area contributed by atoms with Crippen molar-refractivity contribution in [3.8, 4) is 22.8 Å². The molecule has 0 aliphatic rings. The monoisotopic (exact) mass is 275 g/mol. The Hall–Kier alpha value is -2.17. The predicted octanol–water partition coefficient (Wildman–Crippen LogP) is 3.04. The van der Waals surface area contributed by atoms with Crippen LogP contribution < -0.4 is 15.2 Å². The second-order valence-corrected chi connectivity index (χ2v) is 4.92. The standard InChI is InChI=1S/C15H21N3O2/c1-9(2)18-10(3)17-14(15(18)16)12-8-11(19-4)6-7-13(12)20-5/h6-9H,16H2,1-5H3. The van der Waals surface area contributed by atoms with Crippen LogP contribution in [0.1, 0.15) is 25.7 Å². The van der Waals surface area contributed by atoms with Crippen LogP contribution in [-0.4, -0.2) is 23.8 Å². The van der Waals surface area contributed by atoms with Crippen molar-refractivity contribution in [1.29, 1.82) is 0 Å². The molecule has 0 bridgehead atoms. The van der Waals surface area contributed by atoms with E-state index in [9.17, 15) is 0 Å². The van der Waals surface area contributed by atoms with Crippen molar-refractivity contribution in [2.24, 2.45) is 0 Å². The number of nitrogens with zero attached hydrogens (tertiary/aromatic N) is 2. The van der Waals surface area contributed by atoms with Gasteiger partial charge in [0.05, 0.1) is 14.2 Å². The molecule has 0 radical (unpaired) electrons. The SMILES string of the molecule is COc1ccc(OC)c(-c2nc(C)n(C(C)C)c2N)c1. The smallest absolute Gasteiger partial charge is 0.132 e. The number of nitrogens with two attached hydrogens (primary N) is 1. The molecule has 2 aromatic rings. The van der Waals surface area contributed by atoms with Crippen molar-refractivity contribution >= 4 is 5.82 Å². The number of nitrogen functional groups attached to an aromatic ring is 1. The van der Waals surface area contributed by atoms with Gasteiger partial charge in [-0.15, -0.1) is 0 Å². The molecule has 0 aliphatic heterocycles. The normalized spacial score (nSPS) is 10.9. The first-order chi connectivity index (χ1) is 9.49. The molecule has 0 spiro atoms. The number of imidazole rings is 1. The summed E-state index contributed by atoms with van der Waals surface area (Å²) < 4.78 is 12.7. The zero-order valence-corrected chi connectivity index (χ0v) is 12.6. The lowest BCUT2D eigenvalue weighted by atomic mass is 10.1. The summed E-state index contributed by atoms with van der Waals surface area (Å²) in [5.41, 5.74) is 7.82. The van der Waals surface area contributed by atoms with Crippen molar-refractivity contribution in [2.45, 2.75) is 26.8 Å². The van der Waals surface area contributed by atoms with Crippen LogP contribution in [0.15, 0.2) is 18.2 Å². The number of hydrogen-bond donors (Lipinski definition) is 1. The average Bonchev–Trinajstić information content (AvgIpc) is 2.73. The van der Waals surface area contributed by atoms with Gasteiger partial charge in [0.25, 0.3) is 0 Å². The van der Waals surface area contributed by atoms with E-state index >= 15 is 0 Å². The molecule has 1 aromatic carbocycles. The number of methoxy groups -OCH3 is 2. The Balaban J connectivity index is 2.65. The van der Waals surface area contributed by atoms with Crippen molar-refractivity contribution in [3.05, 3.63) is 24.0 Å². The van der Waals surface area contributed by atoms with E-state index in [1.165, 1.54) is 0 Å². The maximum atomic E-state index is 6.26. The maximum Gasteiger partial charge on any atom is 0.132 e. The Kier molecular flexibility index (Phi) is 3.88. The highest BCUT2D eigenvalue weighted by Gasteiger charge is 2.19. The summed E-state index contributed by atoms with van der Waals surface area (Å²) in [6.45, 7) is 6.11. The summed E-state index contributed by atoms with van der Waals surface area (Å²) in [5, 5.41) is 0. The van der Waals surface area contributed by atoms with Crippen LogP contribution >= 0.6 is 0 Å². The molecule has 5 heteroatoms. The number of rotatable bonds is 4. The molecule has 2 rings (SSSR count). The van der Waals surface area contributed by atoms with Gasteiger partial charge in [0.2, 0.25) is 0 Å². The molecule has 108 valence electrons. The quantitative estimate of drug-likeness (QED) is 0.931. The van der Waals surface area contributed by atoms with Crippen LogP contribution in [0.3, 0.4) is 0 Å². The lowest BCUT2D eigenvalue weighted by molar-refractivity contribution is 0.404. The van der Waals surface area contributed by atoms with E-state index in [4.69, 9.17) is 15.2 Å². The van der Waals surface area contributed by atoms with Crippen molar-refractivity contribution in [2.75, 3.05) is 20.0 Å². The molecule has 1 aromatic heterocycles. The fraction of sp³-hybridized carbons (Fsp3) is 0.400. The molecule has 2 N–H and O–H groups in total. The number of anilines is 1. The van der Waals surface area contributed by atoms with E-state index in [0.29, 0.717) is 5.82 Å². The van der Waals surface area contributed by atoms with Gasteiger partial charge in [-0.2, -0.15) is 0 Å². The maximum absolute atomic E-state index is 6.26. The molecule has 1 heterocycles. The second-order valence-electron chi connectivity index (χ2n) is 4.92. The predicted molar refractivity (Wildman–Crippen MR) is 80.3 cm³/mol. The van der Waals surface area contributed by atoms with E-state index in [0.717, 1.165) is 28.6 Å². The Morgan fingerprint density at radius 1 is 1.20 bits per heavy atom. The highest BCUT2D eigenvalue weighted by molar-refractivity contribution is 5.77. The van der Waals surface area contributed by atoms with Crippen molar-refractivity contribution in [1.82, 2.24) is 9.55 Å². The summed E-state index contributed by atoms with van der Waals surface area (Å²) in [6, 6.07) is 5.86. The lowest BCUT2D eigenvalue weighted by Crippen LogP contribution is -2.07. The molecule has 0 fully saturated rings. The fourth-order valence-corrected chi connectivity index (χ4v) is 2.41. The minimum atomic E-state index is 0.257. The van der Waals surface area contributed by atoms with Crippen LogP contribution in [0.4, 0.5) is 5.82 Å². The van der Waals surface area contributed by atoms with Gasteiger partial charge in [0, 0.05) is 11.6 Å². The molecule has 5 nitrogen and oxygen atoms in total. The third kappa shape index (κ3) is 2.31. The van der Waals surface area contributed by atoms with E-state index < -0.39 is 0 Å². The molecular formula is C15H21N3O2. The van der Waals surface area contributed by atoms with E-state index in [2.05, 4.69) is 18.8 Å². The Morgan fingerprint density at radius 2 is 1.90 bits per heavy atom. The van der Waals surface area contributed by atoms with Gasteiger partial charge in [-0.05, 0) is 39.0 Å². The summed E-state index contributed by atoms with van der Waals surface area (Å²) in [5.74, 6) is 3.00. The first-order valence-corrected chi connectivity index (χ1v) is 6.56. The van der Waals surface area contributed by atoms with Gasteiger partial charge in [0.15, 0.2) is 0 Å². The third-order valence-electron chi connectivity index (χ3n) is 3.30. The molecule has 0 amide bonds. The van der Waals surface area contributed by atoms with Crippen LogP contribution in [0, 0.1) is 6.92 Å². The first kappa shape index (κ1) is 14.2. The number of benzene rings is 1. The summed E-state index contributed by atoms with van der Waals surface area (Å²) in [6.07, 6.45) is 0. The van der Waals surface area contributed by atoms with Gasteiger partial charge in [-0.25, -0.2) is 4.98 Å². The molecule has 20 heavy (non-hydrogen) atoms. The van der Waals surface area contributed by atoms with E-state index in [-0.39, 0.29) is 6.04 Å². The number of ether oxygens (including phenoxy) is 2. The Bertz CT molecular complexity index is 618. The fourth-order valence-electron chi connectivity index (χ4n) is 2.41. The highest BCUT2D eigenvalue weighted by Crippen LogP contribution is 2.37. The summed E-state index contributed by atoms with van der Waals surface area (Å²) in [7, 11) is 3.26. The third-order valence-corrected chi connectivity index (χ3v) is 3.30. The average molecular weight is 275 g/mol. The minimum Gasteiger partial charge on any atom is -0.497 e. The zero-order valence-electron chi connectivity index (χ0n) is 12.6. The molecule has 0 saturated carbocycles. The first-order valence-electron chi connectivity index (χ1n) is 6.56. The Labute approximate surface area is 119 Å². The van der Waals surface area contributed by atoms with E-state index in [1.807, 2.05) is 29.7 Å². The zero-order chi connectivity index (χ0) is 14.9. The molecule has 0 unspecified atom stereocenters. The number of aromatic nitrogens is 2. The van der Waals surface area contributed by atoms with Crippen LogP contribution in [-0.2, 0) is 0 Å². The van der Waals surface area contributed by atoms with E-state index in [1.54, 1.807) is 14.2 Å². The van der Waals surface area contributed by atoms with Gasteiger partial charge >= 0.3 is 0 Å². The molecular weight excluding hydrogens is 254 g/mol. The van der Waals surface area contributed by atoms with Gasteiger partial charge in [-0.1, -0.05) is 0 Å². The summed E-state index contributed by atoms with van der Waals surface area (Å²) in [4.78, 5) is 4.59. The van der Waals surface area contributed by atoms with Gasteiger partial charge in [0.1, 0.15) is 28.8 Å². The van der Waals surface area contributed by atoms with Crippen molar-refractivity contribution in [3.63, 3.8) is 0 Å². The van der Waals surface area contributed by atoms with Gasteiger partial charge in [-0.3, -0.25) is 0 Å².